The number of hydrogen-bond acceptors (Lipinski definition) is 6. The molecule has 0 aliphatic rings. The Morgan fingerprint density at radius 3 is 2.32 bits per heavy atom. The van der Waals surface area contributed by atoms with Gasteiger partial charge in [-0.1, -0.05) is 19.1 Å². The van der Waals surface area contributed by atoms with Gasteiger partial charge in [-0.3, -0.25) is 4.79 Å². The smallest absolute Gasteiger partial charge is 0.250 e. The van der Waals surface area contributed by atoms with Crippen LogP contribution >= 0.6 is 11.8 Å². The van der Waals surface area contributed by atoms with Gasteiger partial charge in [-0.2, -0.15) is 5.10 Å². The SMILES string of the molecule is CC/C(=N/NC(=O)CSCc1ccc(OC)cc1)c1ccc(OC)c(OC)c1. The lowest BCUT2D eigenvalue weighted by atomic mass is 10.1. The highest BCUT2D eigenvalue weighted by molar-refractivity contribution is 7.99. The third kappa shape index (κ3) is 6.20. The number of ether oxygens (including phenoxy) is 3. The first kappa shape index (κ1) is 21.6. The van der Waals surface area contributed by atoms with Crippen LogP contribution in [-0.4, -0.2) is 38.7 Å². The lowest BCUT2D eigenvalue weighted by molar-refractivity contribution is -0.118. The van der Waals surface area contributed by atoms with Gasteiger partial charge in [0.05, 0.1) is 32.8 Å². The molecule has 0 bridgehead atoms. The second-order valence-corrected chi connectivity index (χ2v) is 6.84. The quantitative estimate of drug-likeness (QED) is 0.482. The van der Waals surface area contributed by atoms with Gasteiger partial charge in [0.15, 0.2) is 11.5 Å². The van der Waals surface area contributed by atoms with E-state index >= 15 is 0 Å². The van der Waals surface area contributed by atoms with Gasteiger partial charge in [0.2, 0.25) is 5.91 Å². The topological polar surface area (TPSA) is 69.2 Å². The molecule has 150 valence electrons. The van der Waals surface area contributed by atoms with Crippen molar-refractivity contribution in [2.75, 3.05) is 27.1 Å². The normalized spacial score (nSPS) is 11.1. The number of carbonyl (C=O) groups is 1. The standard InChI is InChI=1S/C21H26N2O4S/c1-5-18(16-8-11-19(26-3)20(12-16)27-4)22-23-21(24)14-28-13-15-6-9-17(25-2)10-7-15/h6-12H,5,13-14H2,1-4H3,(H,23,24)/b22-18-. The van der Waals surface area contributed by atoms with Crippen molar-refractivity contribution in [3.05, 3.63) is 53.6 Å². The Balaban J connectivity index is 1.90. The number of amides is 1. The Morgan fingerprint density at radius 2 is 1.71 bits per heavy atom. The molecule has 0 fully saturated rings. The van der Waals surface area contributed by atoms with Gasteiger partial charge in [-0.25, -0.2) is 5.43 Å². The van der Waals surface area contributed by atoms with Gasteiger partial charge in [0.25, 0.3) is 0 Å². The molecule has 0 spiro atoms. The second kappa shape index (κ2) is 11.2. The number of carbonyl (C=O) groups excluding carboxylic acids is 1. The predicted octanol–water partition coefficient (Wildman–Crippen LogP) is 3.88. The van der Waals surface area contributed by atoms with Crippen LogP contribution in [0.2, 0.25) is 0 Å². The molecule has 1 amide bonds. The summed E-state index contributed by atoms with van der Waals surface area (Å²) in [7, 11) is 4.82. The molecule has 0 radical (unpaired) electrons. The molecule has 0 aliphatic heterocycles. The average Bonchev–Trinajstić information content (AvgIpc) is 2.74. The number of nitrogens with zero attached hydrogens (tertiary/aromatic N) is 1. The first-order valence-electron chi connectivity index (χ1n) is 8.89. The largest absolute Gasteiger partial charge is 0.497 e. The molecule has 2 aromatic rings. The molecule has 0 saturated carbocycles. The van der Waals surface area contributed by atoms with Crippen LogP contribution in [0.1, 0.15) is 24.5 Å². The average molecular weight is 403 g/mol. The van der Waals surface area contributed by atoms with E-state index in [1.807, 2.05) is 49.4 Å². The van der Waals surface area contributed by atoms with Crippen LogP contribution in [0, 0.1) is 0 Å². The van der Waals surface area contributed by atoms with Crippen molar-refractivity contribution in [2.24, 2.45) is 5.10 Å². The molecule has 1 N–H and O–H groups in total. The first-order chi connectivity index (χ1) is 13.6. The summed E-state index contributed by atoms with van der Waals surface area (Å²) in [5.41, 5.74) is 5.43. The number of thioether (sulfide) groups is 1. The molecule has 0 aromatic heterocycles. The summed E-state index contributed by atoms with van der Waals surface area (Å²) in [6.45, 7) is 1.99. The summed E-state index contributed by atoms with van der Waals surface area (Å²) in [4.78, 5) is 12.1. The highest BCUT2D eigenvalue weighted by atomic mass is 32.2. The number of nitrogens with one attached hydrogen (secondary N) is 1. The maximum Gasteiger partial charge on any atom is 0.250 e. The van der Waals surface area contributed by atoms with Crippen molar-refractivity contribution in [3.63, 3.8) is 0 Å². The number of methoxy groups -OCH3 is 3. The highest BCUT2D eigenvalue weighted by Gasteiger charge is 2.09. The fourth-order valence-electron chi connectivity index (χ4n) is 2.51. The third-order valence-electron chi connectivity index (χ3n) is 4.03. The van der Waals surface area contributed by atoms with Gasteiger partial charge >= 0.3 is 0 Å². The van der Waals surface area contributed by atoms with Crippen molar-refractivity contribution in [2.45, 2.75) is 19.1 Å². The predicted molar refractivity (Wildman–Crippen MR) is 114 cm³/mol. The van der Waals surface area contributed by atoms with E-state index in [1.165, 1.54) is 11.8 Å². The van der Waals surface area contributed by atoms with Gasteiger partial charge in [-0.15, -0.1) is 11.8 Å². The minimum atomic E-state index is -0.134. The fraction of sp³-hybridized carbons (Fsp3) is 0.333. The van der Waals surface area contributed by atoms with Gasteiger partial charge in [-0.05, 0) is 42.3 Å². The Hall–Kier alpha value is -2.67. The Bertz CT molecular complexity index is 807. The van der Waals surface area contributed by atoms with Crippen molar-refractivity contribution < 1.29 is 19.0 Å². The summed E-state index contributed by atoms with van der Waals surface area (Å²) in [5.74, 6) is 3.05. The van der Waals surface area contributed by atoms with Crippen LogP contribution in [-0.2, 0) is 10.5 Å². The van der Waals surface area contributed by atoms with Crippen molar-refractivity contribution in [1.82, 2.24) is 5.43 Å². The Labute approximate surface area is 170 Å². The molecular weight excluding hydrogens is 376 g/mol. The van der Waals surface area contributed by atoms with E-state index in [4.69, 9.17) is 14.2 Å². The number of hydrazone groups is 1. The lowest BCUT2D eigenvalue weighted by Gasteiger charge is -2.10. The summed E-state index contributed by atoms with van der Waals surface area (Å²) >= 11 is 1.54. The zero-order chi connectivity index (χ0) is 20.4. The highest BCUT2D eigenvalue weighted by Crippen LogP contribution is 2.28. The van der Waals surface area contributed by atoms with E-state index in [-0.39, 0.29) is 5.91 Å². The molecule has 2 aromatic carbocycles. The van der Waals surface area contributed by atoms with Gasteiger partial charge in [0, 0.05) is 11.3 Å². The summed E-state index contributed by atoms with van der Waals surface area (Å²) in [6, 6.07) is 13.4. The fourth-order valence-corrected chi connectivity index (χ4v) is 3.29. The minimum absolute atomic E-state index is 0.134. The Kier molecular flexibility index (Phi) is 8.68. The number of rotatable bonds is 10. The van der Waals surface area contributed by atoms with Gasteiger partial charge < -0.3 is 14.2 Å². The molecule has 0 atom stereocenters. The third-order valence-corrected chi connectivity index (χ3v) is 5.03. The van der Waals surface area contributed by atoms with Crippen LogP contribution in [0.15, 0.2) is 47.6 Å². The van der Waals surface area contributed by atoms with E-state index < -0.39 is 0 Å². The molecule has 0 saturated heterocycles. The van der Waals surface area contributed by atoms with Gasteiger partial charge in [0.1, 0.15) is 5.75 Å². The van der Waals surface area contributed by atoms with Crippen LogP contribution in [0.4, 0.5) is 0 Å². The summed E-state index contributed by atoms with van der Waals surface area (Å²) in [6.07, 6.45) is 0.675. The van der Waals surface area contributed by atoms with E-state index in [0.29, 0.717) is 23.7 Å². The molecule has 28 heavy (non-hydrogen) atoms. The van der Waals surface area contributed by atoms with E-state index in [2.05, 4.69) is 10.5 Å². The summed E-state index contributed by atoms with van der Waals surface area (Å²) < 4.78 is 15.7. The van der Waals surface area contributed by atoms with E-state index in [9.17, 15) is 4.79 Å². The van der Waals surface area contributed by atoms with E-state index in [1.54, 1.807) is 21.3 Å². The minimum Gasteiger partial charge on any atom is -0.497 e. The maximum atomic E-state index is 12.1. The summed E-state index contributed by atoms with van der Waals surface area (Å²) in [5, 5.41) is 4.28. The first-order valence-corrected chi connectivity index (χ1v) is 10.0. The molecule has 7 heteroatoms. The van der Waals surface area contributed by atoms with Crippen molar-refractivity contribution in [3.8, 4) is 17.2 Å². The van der Waals surface area contributed by atoms with Crippen molar-refractivity contribution >= 4 is 23.4 Å². The molecule has 6 nitrogen and oxygen atoms in total. The van der Waals surface area contributed by atoms with Crippen LogP contribution in [0.25, 0.3) is 0 Å². The molecule has 0 aliphatic carbocycles. The molecule has 0 unspecified atom stereocenters. The molecular formula is C21H26N2O4S. The van der Waals surface area contributed by atoms with E-state index in [0.717, 1.165) is 28.3 Å². The van der Waals surface area contributed by atoms with Crippen LogP contribution in [0.3, 0.4) is 0 Å². The lowest BCUT2D eigenvalue weighted by Crippen LogP contribution is -2.21. The van der Waals surface area contributed by atoms with Crippen LogP contribution in [0.5, 0.6) is 17.2 Å². The molecule has 2 rings (SSSR count). The van der Waals surface area contributed by atoms with Crippen LogP contribution < -0.4 is 19.6 Å². The second-order valence-electron chi connectivity index (χ2n) is 5.86. The number of benzene rings is 2. The zero-order valence-corrected chi connectivity index (χ0v) is 17.5. The number of hydrogen-bond donors (Lipinski definition) is 1. The zero-order valence-electron chi connectivity index (χ0n) is 16.7. The molecule has 0 heterocycles. The maximum absolute atomic E-state index is 12.1. The monoisotopic (exact) mass is 402 g/mol. The van der Waals surface area contributed by atoms with Crippen molar-refractivity contribution in [1.29, 1.82) is 0 Å². The Morgan fingerprint density at radius 1 is 1.00 bits per heavy atom.